The predicted octanol–water partition coefficient (Wildman–Crippen LogP) is 5.21. The van der Waals surface area contributed by atoms with Crippen LogP contribution in [0.2, 0.25) is 5.02 Å². The van der Waals surface area contributed by atoms with E-state index >= 15 is 0 Å². The Morgan fingerprint density at radius 3 is 2.72 bits per heavy atom. The van der Waals surface area contributed by atoms with Gasteiger partial charge in [-0.25, -0.2) is 0 Å². The van der Waals surface area contributed by atoms with Crippen LogP contribution >= 0.6 is 38.9 Å². The molecule has 1 N–H and O–H groups in total. The van der Waals surface area contributed by atoms with Crippen molar-refractivity contribution in [2.45, 2.75) is 20.0 Å². The number of benzene rings is 1. The van der Waals surface area contributed by atoms with E-state index < -0.39 is 0 Å². The molecular weight excluding hydrogens is 474 g/mol. The molecule has 9 heteroatoms. The van der Waals surface area contributed by atoms with Crippen molar-refractivity contribution in [1.29, 1.82) is 0 Å². The highest BCUT2D eigenvalue weighted by atomic mass is 79.9. The molecule has 0 bridgehead atoms. The quantitative estimate of drug-likeness (QED) is 0.403. The van der Waals surface area contributed by atoms with Crippen molar-refractivity contribution in [2.75, 3.05) is 5.32 Å². The molecule has 0 aliphatic carbocycles. The van der Waals surface area contributed by atoms with Gasteiger partial charge >= 0.3 is 0 Å². The van der Waals surface area contributed by atoms with Gasteiger partial charge in [0.2, 0.25) is 0 Å². The maximum Gasteiger partial charge on any atom is 0.266 e. The number of halogens is 2. The van der Waals surface area contributed by atoms with E-state index in [-0.39, 0.29) is 5.91 Å². The largest absolute Gasteiger partial charge is 0.304 e. The summed E-state index contributed by atoms with van der Waals surface area (Å²) in [5.74, 6) is 0.367. The first kappa shape index (κ1) is 19.9. The smallest absolute Gasteiger partial charge is 0.266 e. The zero-order valence-electron chi connectivity index (χ0n) is 15.5. The van der Waals surface area contributed by atoms with E-state index in [0.717, 1.165) is 21.3 Å². The SMILES string of the molecule is Cc1cc(NC(=O)c2cc(Cn3cc(Cl)cn3)cs2)nn1Cc1ccc(Br)cc1. The van der Waals surface area contributed by atoms with Crippen molar-refractivity contribution < 1.29 is 4.79 Å². The van der Waals surface area contributed by atoms with Gasteiger partial charge in [-0.2, -0.15) is 10.2 Å². The van der Waals surface area contributed by atoms with Gasteiger partial charge in [0, 0.05) is 22.4 Å². The third-order valence-corrected chi connectivity index (χ3v) is 5.99. The number of hydrogen-bond acceptors (Lipinski definition) is 4. The maximum absolute atomic E-state index is 12.6. The Balaban J connectivity index is 1.41. The molecule has 1 amide bonds. The van der Waals surface area contributed by atoms with E-state index in [1.54, 1.807) is 17.1 Å². The van der Waals surface area contributed by atoms with E-state index in [9.17, 15) is 4.79 Å². The maximum atomic E-state index is 12.6. The first-order valence-corrected chi connectivity index (χ1v) is 10.9. The van der Waals surface area contributed by atoms with Gasteiger partial charge in [0.05, 0.1) is 29.2 Å². The second-order valence-electron chi connectivity index (χ2n) is 6.58. The molecule has 148 valence electrons. The predicted molar refractivity (Wildman–Crippen MR) is 119 cm³/mol. The third kappa shape index (κ3) is 4.95. The molecule has 29 heavy (non-hydrogen) atoms. The van der Waals surface area contributed by atoms with Gasteiger partial charge in [-0.3, -0.25) is 14.2 Å². The number of carbonyl (C=O) groups excluding carboxylic acids is 1. The molecule has 0 fully saturated rings. The van der Waals surface area contributed by atoms with Crippen LogP contribution in [0.25, 0.3) is 0 Å². The fraction of sp³-hybridized carbons (Fsp3) is 0.150. The fourth-order valence-corrected chi connectivity index (χ4v) is 4.08. The molecule has 1 aromatic carbocycles. The van der Waals surface area contributed by atoms with Gasteiger partial charge in [0.15, 0.2) is 5.82 Å². The molecule has 3 heterocycles. The number of anilines is 1. The van der Waals surface area contributed by atoms with Crippen LogP contribution in [-0.2, 0) is 13.1 Å². The molecule has 0 radical (unpaired) electrons. The monoisotopic (exact) mass is 489 g/mol. The lowest BCUT2D eigenvalue weighted by molar-refractivity contribution is 0.103. The van der Waals surface area contributed by atoms with Crippen molar-refractivity contribution in [2.24, 2.45) is 0 Å². The van der Waals surface area contributed by atoms with E-state index in [2.05, 4.69) is 31.4 Å². The van der Waals surface area contributed by atoms with E-state index in [4.69, 9.17) is 11.6 Å². The number of aromatic nitrogens is 4. The minimum Gasteiger partial charge on any atom is -0.304 e. The number of aryl methyl sites for hydroxylation is 1. The molecular formula is C20H17BrClN5OS. The molecule has 6 nitrogen and oxygen atoms in total. The van der Waals surface area contributed by atoms with Crippen LogP contribution in [0.3, 0.4) is 0 Å². The molecule has 0 atom stereocenters. The highest BCUT2D eigenvalue weighted by molar-refractivity contribution is 9.10. The van der Waals surface area contributed by atoms with E-state index in [0.29, 0.717) is 28.8 Å². The zero-order valence-corrected chi connectivity index (χ0v) is 18.6. The van der Waals surface area contributed by atoms with Crippen LogP contribution in [0, 0.1) is 6.92 Å². The Kier molecular flexibility index (Phi) is 5.84. The number of amides is 1. The highest BCUT2D eigenvalue weighted by Crippen LogP contribution is 2.19. The summed E-state index contributed by atoms with van der Waals surface area (Å²) in [5, 5.41) is 14.1. The molecule has 0 unspecified atom stereocenters. The van der Waals surface area contributed by atoms with Crippen LogP contribution in [0.1, 0.15) is 26.5 Å². The van der Waals surface area contributed by atoms with Crippen LogP contribution in [0.5, 0.6) is 0 Å². The van der Waals surface area contributed by atoms with Gasteiger partial charge < -0.3 is 5.32 Å². The summed E-state index contributed by atoms with van der Waals surface area (Å²) in [4.78, 5) is 13.2. The molecule has 0 aliphatic rings. The van der Waals surface area contributed by atoms with Gasteiger partial charge in [-0.15, -0.1) is 11.3 Å². The van der Waals surface area contributed by atoms with Crippen molar-refractivity contribution in [3.05, 3.63) is 85.4 Å². The van der Waals surface area contributed by atoms with Gasteiger partial charge in [-0.05, 0) is 41.6 Å². The summed E-state index contributed by atoms with van der Waals surface area (Å²) < 4.78 is 4.65. The highest BCUT2D eigenvalue weighted by Gasteiger charge is 2.13. The molecule has 4 aromatic rings. The van der Waals surface area contributed by atoms with Crippen LogP contribution < -0.4 is 5.32 Å². The van der Waals surface area contributed by atoms with Crippen molar-refractivity contribution in [3.8, 4) is 0 Å². The average molecular weight is 491 g/mol. The Morgan fingerprint density at radius 2 is 2.00 bits per heavy atom. The van der Waals surface area contributed by atoms with Crippen LogP contribution in [-0.4, -0.2) is 25.5 Å². The molecule has 0 saturated carbocycles. The Bertz CT molecular complexity index is 1150. The molecule has 0 saturated heterocycles. The van der Waals surface area contributed by atoms with Gasteiger partial charge in [0.25, 0.3) is 5.91 Å². The second kappa shape index (κ2) is 8.52. The number of hydrogen-bond donors (Lipinski definition) is 1. The fourth-order valence-electron chi connectivity index (χ4n) is 2.86. The third-order valence-electron chi connectivity index (χ3n) is 4.29. The summed E-state index contributed by atoms with van der Waals surface area (Å²) in [7, 11) is 0. The topological polar surface area (TPSA) is 64.7 Å². The van der Waals surface area contributed by atoms with Crippen LogP contribution in [0.15, 0.2) is 58.6 Å². The number of thiophene rings is 1. The summed E-state index contributed by atoms with van der Waals surface area (Å²) in [6.45, 7) is 3.18. The lowest BCUT2D eigenvalue weighted by Crippen LogP contribution is -2.11. The molecule has 0 aliphatic heterocycles. The lowest BCUT2D eigenvalue weighted by atomic mass is 10.2. The number of rotatable bonds is 6. The van der Waals surface area contributed by atoms with Crippen molar-refractivity contribution in [1.82, 2.24) is 19.6 Å². The molecule has 4 rings (SSSR count). The number of carbonyl (C=O) groups is 1. The molecule has 3 aromatic heterocycles. The zero-order chi connectivity index (χ0) is 20.4. The molecule has 0 spiro atoms. The standard InChI is InChI=1S/C20H17BrClN5OS/c1-13-6-19(25-27(13)10-14-2-4-16(21)5-3-14)24-20(28)18-7-15(12-29-18)9-26-11-17(22)8-23-26/h2-8,11-12H,9-10H2,1H3,(H,24,25,28). The minimum atomic E-state index is -0.173. The lowest BCUT2D eigenvalue weighted by Gasteiger charge is -2.04. The average Bonchev–Trinajstić information content (AvgIpc) is 3.39. The normalized spacial score (nSPS) is 11.0. The number of nitrogens with zero attached hydrogens (tertiary/aromatic N) is 4. The van der Waals surface area contributed by atoms with Crippen molar-refractivity contribution in [3.63, 3.8) is 0 Å². The number of nitrogens with one attached hydrogen (secondary N) is 1. The van der Waals surface area contributed by atoms with E-state index in [1.165, 1.54) is 11.3 Å². The minimum absolute atomic E-state index is 0.173. The Morgan fingerprint density at radius 1 is 1.21 bits per heavy atom. The summed E-state index contributed by atoms with van der Waals surface area (Å²) in [6.07, 6.45) is 3.34. The summed E-state index contributed by atoms with van der Waals surface area (Å²) in [5.41, 5.74) is 3.11. The Labute approximate surface area is 185 Å². The van der Waals surface area contributed by atoms with E-state index in [1.807, 2.05) is 53.4 Å². The second-order valence-corrected chi connectivity index (χ2v) is 8.85. The first-order valence-electron chi connectivity index (χ1n) is 8.82. The van der Waals surface area contributed by atoms with Gasteiger partial charge in [0.1, 0.15) is 0 Å². The first-order chi connectivity index (χ1) is 14.0. The van der Waals surface area contributed by atoms with Crippen molar-refractivity contribution >= 4 is 50.6 Å². The summed E-state index contributed by atoms with van der Waals surface area (Å²) >= 11 is 10.7. The Hall–Kier alpha value is -2.42. The summed E-state index contributed by atoms with van der Waals surface area (Å²) in [6, 6.07) is 11.8. The van der Waals surface area contributed by atoms with Gasteiger partial charge in [-0.1, -0.05) is 39.7 Å². The van der Waals surface area contributed by atoms with Crippen LogP contribution in [0.4, 0.5) is 5.82 Å².